The predicted octanol–water partition coefficient (Wildman–Crippen LogP) is 4.25. The Morgan fingerprint density at radius 3 is 2.25 bits per heavy atom. The molecule has 3 rings (SSSR count). The minimum atomic E-state index is -4.43. The number of ether oxygens (including phenoxy) is 1. The highest BCUT2D eigenvalue weighted by Crippen LogP contribution is 2.30. The SMILES string of the molecule is CC1(c2ccc(Cl)cc2)NC(=O)N(Cc2ccc(OCC(F)(F)F)cc2)C1=O. The van der Waals surface area contributed by atoms with Crippen molar-refractivity contribution in [2.24, 2.45) is 0 Å². The summed E-state index contributed by atoms with van der Waals surface area (Å²) in [6.07, 6.45) is -4.43. The number of carbonyl (C=O) groups is 2. The second-order valence-electron chi connectivity index (χ2n) is 6.50. The molecule has 3 amide bonds. The zero-order chi connectivity index (χ0) is 20.5. The summed E-state index contributed by atoms with van der Waals surface area (Å²) in [4.78, 5) is 26.3. The number of carbonyl (C=O) groups excluding carboxylic acids is 2. The first kappa shape index (κ1) is 20.0. The second-order valence-corrected chi connectivity index (χ2v) is 6.94. The van der Waals surface area contributed by atoms with Crippen molar-refractivity contribution in [2.45, 2.75) is 25.2 Å². The molecule has 5 nitrogen and oxygen atoms in total. The number of halogens is 4. The molecule has 28 heavy (non-hydrogen) atoms. The molecule has 9 heteroatoms. The fourth-order valence-electron chi connectivity index (χ4n) is 2.86. The van der Waals surface area contributed by atoms with E-state index >= 15 is 0 Å². The maximum absolute atomic E-state index is 12.9. The van der Waals surface area contributed by atoms with E-state index < -0.39 is 30.3 Å². The number of hydrogen-bond donors (Lipinski definition) is 1. The summed E-state index contributed by atoms with van der Waals surface area (Å²) in [5, 5.41) is 3.19. The lowest BCUT2D eigenvalue weighted by Crippen LogP contribution is -2.40. The third-order valence-corrected chi connectivity index (χ3v) is 4.62. The molecular formula is C19H16ClF3N2O3. The van der Waals surface area contributed by atoms with Crippen molar-refractivity contribution in [1.29, 1.82) is 0 Å². The van der Waals surface area contributed by atoms with Crippen molar-refractivity contribution < 1.29 is 27.5 Å². The van der Waals surface area contributed by atoms with Gasteiger partial charge in [-0.3, -0.25) is 9.69 Å². The lowest BCUT2D eigenvalue weighted by molar-refractivity contribution is -0.153. The molecule has 1 heterocycles. The number of benzene rings is 2. The fraction of sp³-hybridized carbons (Fsp3) is 0.263. The van der Waals surface area contributed by atoms with Gasteiger partial charge in [-0.1, -0.05) is 35.9 Å². The molecule has 148 valence electrons. The highest BCUT2D eigenvalue weighted by Gasteiger charge is 2.48. The van der Waals surface area contributed by atoms with Gasteiger partial charge in [-0.2, -0.15) is 13.2 Å². The maximum Gasteiger partial charge on any atom is 0.422 e. The Kier molecular flexibility index (Phi) is 5.25. The number of rotatable bonds is 5. The Bertz CT molecular complexity index is 885. The van der Waals surface area contributed by atoms with Crippen LogP contribution in [-0.4, -0.2) is 29.6 Å². The molecule has 0 aromatic heterocycles. The van der Waals surface area contributed by atoms with E-state index in [1.165, 1.54) is 24.3 Å². The molecule has 1 atom stereocenters. The average molecular weight is 413 g/mol. The zero-order valence-electron chi connectivity index (χ0n) is 14.7. The summed E-state index contributed by atoms with van der Waals surface area (Å²) in [5.74, 6) is -0.388. The monoisotopic (exact) mass is 412 g/mol. The first-order chi connectivity index (χ1) is 13.1. The molecule has 0 bridgehead atoms. The highest BCUT2D eigenvalue weighted by atomic mass is 35.5. The van der Waals surface area contributed by atoms with Gasteiger partial charge in [-0.25, -0.2) is 4.79 Å². The van der Waals surface area contributed by atoms with Crippen LogP contribution in [0.15, 0.2) is 48.5 Å². The van der Waals surface area contributed by atoms with Crippen molar-refractivity contribution in [3.63, 3.8) is 0 Å². The Morgan fingerprint density at radius 2 is 1.68 bits per heavy atom. The number of hydrogen-bond acceptors (Lipinski definition) is 3. The Balaban J connectivity index is 1.71. The van der Waals surface area contributed by atoms with Crippen LogP contribution in [0.25, 0.3) is 0 Å². The molecule has 2 aromatic carbocycles. The Hall–Kier alpha value is -2.74. The number of urea groups is 1. The summed E-state index contributed by atoms with van der Waals surface area (Å²) in [7, 11) is 0. The van der Waals surface area contributed by atoms with Crippen LogP contribution in [0.3, 0.4) is 0 Å². The number of imide groups is 1. The largest absolute Gasteiger partial charge is 0.484 e. The summed E-state index contributed by atoms with van der Waals surface area (Å²) in [5.41, 5.74) is -0.0610. The summed E-state index contributed by atoms with van der Waals surface area (Å²) in [6, 6.07) is 11.8. The number of nitrogens with zero attached hydrogens (tertiary/aromatic N) is 1. The lowest BCUT2D eigenvalue weighted by atomic mass is 9.92. The standard InChI is InChI=1S/C19H16ClF3N2O3/c1-18(13-4-6-14(20)7-5-13)16(26)25(17(27)24-18)10-12-2-8-15(9-3-12)28-11-19(21,22)23/h2-9H,10-11H2,1H3,(H,24,27). The summed E-state index contributed by atoms with van der Waals surface area (Å²) in [6.45, 7) is 0.191. The van der Waals surface area contributed by atoms with Gasteiger partial charge in [0.1, 0.15) is 11.3 Å². The van der Waals surface area contributed by atoms with E-state index in [0.29, 0.717) is 16.1 Å². The van der Waals surface area contributed by atoms with Crippen LogP contribution < -0.4 is 10.1 Å². The van der Waals surface area contributed by atoms with Crippen LogP contribution in [0.1, 0.15) is 18.1 Å². The first-order valence-electron chi connectivity index (χ1n) is 8.27. The summed E-state index contributed by atoms with van der Waals surface area (Å²) >= 11 is 5.87. The van der Waals surface area contributed by atoms with Gasteiger partial charge in [-0.15, -0.1) is 0 Å². The summed E-state index contributed by atoms with van der Waals surface area (Å²) < 4.78 is 41.2. The molecule has 2 aromatic rings. The first-order valence-corrected chi connectivity index (χ1v) is 8.65. The quantitative estimate of drug-likeness (QED) is 0.747. The number of alkyl halides is 3. The average Bonchev–Trinajstić information content (AvgIpc) is 2.85. The molecule has 1 aliphatic rings. The van der Waals surface area contributed by atoms with Gasteiger partial charge < -0.3 is 10.1 Å². The predicted molar refractivity (Wildman–Crippen MR) is 95.9 cm³/mol. The minimum absolute atomic E-state index is 0.0204. The van der Waals surface area contributed by atoms with E-state index in [-0.39, 0.29) is 12.3 Å². The molecule has 0 aliphatic carbocycles. The van der Waals surface area contributed by atoms with Gasteiger partial charge in [0.25, 0.3) is 5.91 Å². The van der Waals surface area contributed by atoms with E-state index in [9.17, 15) is 22.8 Å². The zero-order valence-corrected chi connectivity index (χ0v) is 15.5. The van der Waals surface area contributed by atoms with Crippen LogP contribution >= 0.6 is 11.6 Å². The van der Waals surface area contributed by atoms with Gasteiger partial charge in [0.2, 0.25) is 0 Å². The number of nitrogens with one attached hydrogen (secondary N) is 1. The van der Waals surface area contributed by atoms with Crippen LogP contribution in [0.4, 0.5) is 18.0 Å². The van der Waals surface area contributed by atoms with Gasteiger partial charge in [0, 0.05) is 5.02 Å². The van der Waals surface area contributed by atoms with Crippen LogP contribution in [0, 0.1) is 0 Å². The minimum Gasteiger partial charge on any atom is -0.484 e. The molecule has 1 unspecified atom stereocenters. The van der Waals surface area contributed by atoms with Crippen molar-refractivity contribution in [3.8, 4) is 5.75 Å². The highest BCUT2D eigenvalue weighted by molar-refractivity contribution is 6.30. The molecule has 1 N–H and O–H groups in total. The van der Waals surface area contributed by atoms with Gasteiger partial charge >= 0.3 is 12.2 Å². The molecule has 1 fully saturated rings. The molecule has 0 spiro atoms. The van der Waals surface area contributed by atoms with E-state index in [1.54, 1.807) is 31.2 Å². The molecule has 1 saturated heterocycles. The second kappa shape index (κ2) is 7.35. The van der Waals surface area contributed by atoms with Gasteiger partial charge in [0.15, 0.2) is 6.61 Å². The third-order valence-electron chi connectivity index (χ3n) is 4.36. The van der Waals surface area contributed by atoms with Crippen LogP contribution in [0.5, 0.6) is 5.75 Å². The van der Waals surface area contributed by atoms with E-state index in [4.69, 9.17) is 11.6 Å². The maximum atomic E-state index is 12.9. The van der Waals surface area contributed by atoms with Crippen molar-refractivity contribution >= 4 is 23.5 Å². The van der Waals surface area contributed by atoms with Crippen LogP contribution in [0.2, 0.25) is 5.02 Å². The van der Waals surface area contributed by atoms with Crippen LogP contribution in [-0.2, 0) is 16.9 Å². The van der Waals surface area contributed by atoms with Crippen molar-refractivity contribution in [1.82, 2.24) is 10.2 Å². The molecule has 1 aliphatic heterocycles. The lowest BCUT2D eigenvalue weighted by Gasteiger charge is -2.22. The Morgan fingerprint density at radius 1 is 1.07 bits per heavy atom. The fourth-order valence-corrected chi connectivity index (χ4v) is 2.98. The molecule has 0 radical (unpaired) electrons. The smallest absolute Gasteiger partial charge is 0.422 e. The van der Waals surface area contributed by atoms with E-state index in [2.05, 4.69) is 10.1 Å². The van der Waals surface area contributed by atoms with E-state index in [1.807, 2.05) is 0 Å². The molecular weight excluding hydrogens is 397 g/mol. The van der Waals surface area contributed by atoms with Crippen molar-refractivity contribution in [2.75, 3.05) is 6.61 Å². The number of amides is 3. The van der Waals surface area contributed by atoms with E-state index in [0.717, 1.165) is 4.90 Å². The normalized spacial score (nSPS) is 19.7. The van der Waals surface area contributed by atoms with Gasteiger partial charge in [0.05, 0.1) is 6.54 Å². The third kappa shape index (κ3) is 4.22. The Labute approximate surface area is 164 Å². The topological polar surface area (TPSA) is 58.6 Å². The van der Waals surface area contributed by atoms with Gasteiger partial charge in [-0.05, 0) is 42.3 Å². The van der Waals surface area contributed by atoms with Crippen molar-refractivity contribution in [3.05, 3.63) is 64.7 Å². The molecule has 0 saturated carbocycles.